The van der Waals surface area contributed by atoms with Crippen molar-refractivity contribution in [2.24, 2.45) is 5.41 Å². The summed E-state index contributed by atoms with van der Waals surface area (Å²) in [4.78, 5) is 25.2. The first-order valence-corrected chi connectivity index (χ1v) is 6.36. The highest BCUT2D eigenvalue weighted by Crippen LogP contribution is 2.46. The summed E-state index contributed by atoms with van der Waals surface area (Å²) in [6.45, 7) is 2.65. The third-order valence-corrected chi connectivity index (χ3v) is 3.85. The predicted molar refractivity (Wildman–Crippen MR) is 63.2 cm³/mol. The predicted octanol–water partition coefficient (Wildman–Crippen LogP) is 2.16. The van der Waals surface area contributed by atoms with Gasteiger partial charge in [0.2, 0.25) is 5.91 Å². The molecule has 4 heteroatoms. The second kappa shape index (κ2) is 4.51. The van der Waals surface area contributed by atoms with Crippen LogP contribution in [-0.4, -0.2) is 28.4 Å². The van der Waals surface area contributed by atoms with E-state index in [0.29, 0.717) is 25.8 Å². The van der Waals surface area contributed by atoms with Gasteiger partial charge in [0.15, 0.2) is 0 Å². The van der Waals surface area contributed by atoms with Crippen molar-refractivity contribution in [1.29, 1.82) is 0 Å². The molecule has 1 fully saturated rings. The number of amides is 1. The first-order valence-electron chi connectivity index (χ1n) is 6.36. The molecule has 0 bridgehead atoms. The van der Waals surface area contributed by atoms with Gasteiger partial charge >= 0.3 is 5.97 Å². The number of rotatable bonds is 3. The molecular formula is C13H19NO3. The molecule has 0 unspecified atom stereocenters. The fourth-order valence-corrected chi connectivity index (χ4v) is 2.97. The molecule has 0 radical (unpaired) electrons. The minimum Gasteiger partial charge on any atom is -0.481 e. The van der Waals surface area contributed by atoms with E-state index in [1.165, 1.54) is 0 Å². The molecule has 1 saturated heterocycles. The number of carboxylic acids is 1. The van der Waals surface area contributed by atoms with E-state index in [0.717, 1.165) is 25.0 Å². The van der Waals surface area contributed by atoms with Gasteiger partial charge in [-0.05, 0) is 32.1 Å². The zero-order valence-electron chi connectivity index (χ0n) is 10.2. The highest BCUT2D eigenvalue weighted by atomic mass is 16.4. The van der Waals surface area contributed by atoms with Crippen LogP contribution in [0.5, 0.6) is 0 Å². The van der Waals surface area contributed by atoms with E-state index in [2.05, 4.69) is 0 Å². The summed E-state index contributed by atoms with van der Waals surface area (Å²) in [5, 5.41) is 9.52. The smallest absolute Gasteiger partial charge is 0.315 e. The van der Waals surface area contributed by atoms with E-state index in [4.69, 9.17) is 0 Å². The van der Waals surface area contributed by atoms with Gasteiger partial charge in [-0.15, -0.1) is 0 Å². The first kappa shape index (κ1) is 12.1. The number of hydrogen-bond acceptors (Lipinski definition) is 2. The van der Waals surface area contributed by atoms with Crippen LogP contribution >= 0.6 is 0 Å². The molecular weight excluding hydrogens is 218 g/mol. The van der Waals surface area contributed by atoms with Gasteiger partial charge in [0.1, 0.15) is 5.41 Å². The van der Waals surface area contributed by atoms with Gasteiger partial charge in [-0.2, -0.15) is 0 Å². The van der Waals surface area contributed by atoms with Crippen molar-refractivity contribution in [2.75, 3.05) is 6.54 Å². The molecule has 17 heavy (non-hydrogen) atoms. The summed E-state index contributed by atoms with van der Waals surface area (Å²) in [5.41, 5.74) is -0.0317. The van der Waals surface area contributed by atoms with Crippen LogP contribution in [0.2, 0.25) is 0 Å². The zero-order chi connectivity index (χ0) is 12.5. The number of carboxylic acid groups (broad SMARTS) is 1. The van der Waals surface area contributed by atoms with Crippen LogP contribution in [0.25, 0.3) is 0 Å². The minimum absolute atomic E-state index is 0.0804. The van der Waals surface area contributed by atoms with Crippen LogP contribution in [0, 0.1) is 5.41 Å². The van der Waals surface area contributed by atoms with Gasteiger partial charge in [0.05, 0.1) is 0 Å². The largest absolute Gasteiger partial charge is 0.481 e. The minimum atomic E-state index is -0.790. The lowest BCUT2D eigenvalue weighted by Crippen LogP contribution is -2.49. The van der Waals surface area contributed by atoms with Gasteiger partial charge in [-0.3, -0.25) is 9.59 Å². The molecule has 1 amide bonds. The van der Waals surface area contributed by atoms with Crippen LogP contribution in [0.3, 0.4) is 0 Å². The number of allylic oxidation sites excluding steroid dienone is 1. The Morgan fingerprint density at radius 3 is 2.94 bits per heavy atom. The topological polar surface area (TPSA) is 57.6 Å². The standard InChI is InChI=1S/C13H19NO3/c1-2-9-14-10-5-3-4-7-13(10,12(16)17)8-6-11(14)15/h5H,2-4,6-9H2,1H3,(H,16,17)/t13-/m0/s1. The lowest BCUT2D eigenvalue weighted by atomic mass is 9.70. The van der Waals surface area contributed by atoms with Crippen molar-refractivity contribution < 1.29 is 14.7 Å². The first-order chi connectivity index (χ1) is 8.12. The SMILES string of the molecule is CCCN1C(=O)CC[C@@]2(C(=O)O)CCCC=C12. The van der Waals surface area contributed by atoms with Crippen molar-refractivity contribution in [3.8, 4) is 0 Å². The molecule has 94 valence electrons. The fourth-order valence-electron chi connectivity index (χ4n) is 2.97. The van der Waals surface area contributed by atoms with Gasteiger partial charge in [0, 0.05) is 18.7 Å². The molecule has 1 N–H and O–H groups in total. The van der Waals surface area contributed by atoms with E-state index in [1.54, 1.807) is 4.90 Å². The fraction of sp³-hybridized carbons (Fsp3) is 0.692. The maximum absolute atomic E-state index is 11.9. The lowest BCUT2D eigenvalue weighted by molar-refractivity contribution is -0.153. The number of piperidine rings is 1. The van der Waals surface area contributed by atoms with Crippen molar-refractivity contribution in [3.05, 3.63) is 11.8 Å². The summed E-state index contributed by atoms with van der Waals surface area (Å²) in [6.07, 6.45) is 6.11. The lowest BCUT2D eigenvalue weighted by Gasteiger charge is -2.44. The molecule has 0 aromatic rings. The van der Waals surface area contributed by atoms with E-state index >= 15 is 0 Å². The van der Waals surface area contributed by atoms with Gasteiger partial charge in [-0.25, -0.2) is 0 Å². The van der Waals surface area contributed by atoms with Crippen molar-refractivity contribution in [2.45, 2.75) is 45.4 Å². The van der Waals surface area contributed by atoms with Gasteiger partial charge < -0.3 is 10.0 Å². The van der Waals surface area contributed by atoms with Crippen LogP contribution in [0.15, 0.2) is 11.8 Å². The molecule has 1 heterocycles. The van der Waals surface area contributed by atoms with Gasteiger partial charge in [-0.1, -0.05) is 13.0 Å². The molecule has 2 rings (SSSR count). The van der Waals surface area contributed by atoms with Crippen molar-refractivity contribution in [3.63, 3.8) is 0 Å². The molecule has 0 spiro atoms. The average Bonchev–Trinajstić information content (AvgIpc) is 2.33. The number of hydrogen-bond donors (Lipinski definition) is 1. The second-order valence-corrected chi connectivity index (χ2v) is 4.91. The molecule has 4 nitrogen and oxygen atoms in total. The maximum atomic E-state index is 11.9. The Balaban J connectivity index is 2.39. The highest BCUT2D eigenvalue weighted by molar-refractivity contribution is 5.87. The highest BCUT2D eigenvalue weighted by Gasteiger charge is 2.49. The monoisotopic (exact) mass is 237 g/mol. The van der Waals surface area contributed by atoms with Crippen LogP contribution in [-0.2, 0) is 9.59 Å². The van der Waals surface area contributed by atoms with Crippen LogP contribution < -0.4 is 0 Å². The number of carbonyl (C=O) groups is 2. The summed E-state index contributed by atoms with van der Waals surface area (Å²) in [5.74, 6) is -0.686. The number of carbonyl (C=O) groups excluding carboxylic acids is 1. The summed E-state index contributed by atoms with van der Waals surface area (Å²) in [6, 6.07) is 0. The van der Waals surface area contributed by atoms with E-state index < -0.39 is 11.4 Å². The summed E-state index contributed by atoms with van der Waals surface area (Å²) < 4.78 is 0. The summed E-state index contributed by atoms with van der Waals surface area (Å²) >= 11 is 0. The Labute approximate surface area is 101 Å². The third-order valence-electron chi connectivity index (χ3n) is 3.85. The number of nitrogens with zero attached hydrogens (tertiary/aromatic N) is 1. The molecule has 0 saturated carbocycles. The Hall–Kier alpha value is -1.32. The Kier molecular flexibility index (Phi) is 3.22. The zero-order valence-corrected chi connectivity index (χ0v) is 10.2. The van der Waals surface area contributed by atoms with Crippen LogP contribution in [0.1, 0.15) is 45.4 Å². The number of likely N-dealkylation sites (tertiary alicyclic amines) is 1. The average molecular weight is 237 g/mol. The number of aliphatic carboxylic acids is 1. The Morgan fingerprint density at radius 2 is 2.29 bits per heavy atom. The van der Waals surface area contributed by atoms with E-state index in [9.17, 15) is 14.7 Å². The molecule has 0 aromatic heterocycles. The third kappa shape index (κ3) is 1.85. The van der Waals surface area contributed by atoms with E-state index in [1.807, 2.05) is 13.0 Å². The maximum Gasteiger partial charge on any atom is 0.315 e. The second-order valence-electron chi connectivity index (χ2n) is 4.91. The Bertz CT molecular complexity index is 375. The molecule has 2 aliphatic rings. The normalized spacial score (nSPS) is 28.6. The summed E-state index contributed by atoms with van der Waals surface area (Å²) in [7, 11) is 0. The van der Waals surface area contributed by atoms with Crippen LogP contribution in [0.4, 0.5) is 0 Å². The molecule has 1 atom stereocenters. The van der Waals surface area contributed by atoms with Crippen molar-refractivity contribution in [1.82, 2.24) is 4.90 Å². The number of fused-ring (bicyclic) bond motifs is 1. The molecule has 0 aromatic carbocycles. The molecule has 1 aliphatic heterocycles. The quantitative estimate of drug-likeness (QED) is 0.818. The molecule has 1 aliphatic carbocycles. The van der Waals surface area contributed by atoms with E-state index in [-0.39, 0.29) is 5.91 Å². The van der Waals surface area contributed by atoms with Gasteiger partial charge in [0.25, 0.3) is 0 Å². The Morgan fingerprint density at radius 1 is 1.53 bits per heavy atom. The van der Waals surface area contributed by atoms with Crippen molar-refractivity contribution >= 4 is 11.9 Å².